The van der Waals surface area contributed by atoms with Crippen molar-refractivity contribution in [3.8, 4) is 11.5 Å². The van der Waals surface area contributed by atoms with Gasteiger partial charge in [-0.1, -0.05) is 29.8 Å². The van der Waals surface area contributed by atoms with Crippen LogP contribution in [0.2, 0.25) is 5.02 Å². The van der Waals surface area contributed by atoms with E-state index in [1.165, 1.54) is 0 Å². The molecule has 2 aromatic rings. The van der Waals surface area contributed by atoms with Crippen LogP contribution in [0.3, 0.4) is 0 Å². The largest absolute Gasteiger partial charge is 0.493 e. The van der Waals surface area contributed by atoms with E-state index in [1.54, 1.807) is 20.3 Å². The number of ether oxygens (including phenoxy) is 2. The minimum absolute atomic E-state index is 0.0285. The number of amides is 1. The molecular weight excluding hydrogens is 314 g/mol. The van der Waals surface area contributed by atoms with Crippen LogP contribution in [0, 0.1) is 0 Å². The summed E-state index contributed by atoms with van der Waals surface area (Å²) in [6.45, 7) is 0.576. The Morgan fingerprint density at radius 1 is 1.04 bits per heavy atom. The third kappa shape index (κ3) is 5.18. The van der Waals surface area contributed by atoms with E-state index in [2.05, 4.69) is 5.32 Å². The summed E-state index contributed by atoms with van der Waals surface area (Å²) < 4.78 is 10.4. The van der Waals surface area contributed by atoms with Crippen molar-refractivity contribution in [3.63, 3.8) is 0 Å². The van der Waals surface area contributed by atoms with Gasteiger partial charge in [-0.2, -0.15) is 0 Å². The van der Waals surface area contributed by atoms with Gasteiger partial charge in [-0.25, -0.2) is 0 Å². The summed E-state index contributed by atoms with van der Waals surface area (Å²) in [6, 6.07) is 13.1. The normalized spacial score (nSPS) is 10.2. The van der Waals surface area contributed by atoms with Crippen LogP contribution in [0.4, 0.5) is 0 Å². The third-order valence-corrected chi connectivity index (χ3v) is 3.67. The molecule has 0 aliphatic rings. The summed E-state index contributed by atoms with van der Waals surface area (Å²) in [4.78, 5) is 12.0. The lowest BCUT2D eigenvalue weighted by molar-refractivity contribution is -0.120. The predicted molar refractivity (Wildman–Crippen MR) is 91.4 cm³/mol. The zero-order valence-corrected chi connectivity index (χ0v) is 14.0. The molecule has 2 aromatic carbocycles. The molecule has 0 spiro atoms. The number of hydrogen-bond donors (Lipinski definition) is 1. The van der Waals surface area contributed by atoms with E-state index in [4.69, 9.17) is 21.1 Å². The Kier molecular flexibility index (Phi) is 6.29. The molecule has 1 N–H and O–H groups in total. The van der Waals surface area contributed by atoms with Crippen LogP contribution >= 0.6 is 11.6 Å². The number of hydrogen-bond acceptors (Lipinski definition) is 3. The lowest BCUT2D eigenvalue weighted by Crippen LogP contribution is -2.27. The van der Waals surface area contributed by atoms with Crippen LogP contribution in [-0.2, 0) is 17.6 Å². The van der Waals surface area contributed by atoms with Crippen LogP contribution in [0.5, 0.6) is 11.5 Å². The first kappa shape index (κ1) is 17.2. The molecule has 5 heteroatoms. The first-order valence-corrected chi connectivity index (χ1v) is 7.72. The third-order valence-electron chi connectivity index (χ3n) is 3.44. The molecule has 1 amide bonds. The molecule has 4 nitrogen and oxygen atoms in total. The van der Waals surface area contributed by atoms with Crippen molar-refractivity contribution in [3.05, 3.63) is 58.6 Å². The zero-order valence-electron chi connectivity index (χ0n) is 13.3. The maximum absolute atomic E-state index is 12.0. The van der Waals surface area contributed by atoms with Gasteiger partial charge in [-0.3, -0.25) is 4.79 Å². The molecule has 0 unspecified atom stereocenters. The standard InChI is InChI=1S/C18H20ClNO3/c1-22-16-7-6-14(11-17(16)23-2)12-18(21)20-9-8-13-4-3-5-15(19)10-13/h3-7,10-11H,8-9,12H2,1-2H3,(H,20,21). The summed E-state index contributed by atoms with van der Waals surface area (Å²) in [5.41, 5.74) is 1.98. The number of halogens is 1. The summed E-state index contributed by atoms with van der Waals surface area (Å²) in [7, 11) is 3.16. The van der Waals surface area contributed by atoms with Crippen LogP contribution in [0.25, 0.3) is 0 Å². The molecule has 0 saturated heterocycles. The molecule has 0 atom stereocenters. The molecule has 0 bridgehead atoms. The predicted octanol–water partition coefficient (Wildman–Crippen LogP) is 3.26. The molecule has 0 radical (unpaired) electrons. The highest BCUT2D eigenvalue weighted by Crippen LogP contribution is 2.27. The highest BCUT2D eigenvalue weighted by atomic mass is 35.5. The fraction of sp³-hybridized carbons (Fsp3) is 0.278. The van der Waals surface area contributed by atoms with Crippen LogP contribution in [0.1, 0.15) is 11.1 Å². The van der Waals surface area contributed by atoms with Crippen molar-refractivity contribution < 1.29 is 14.3 Å². The van der Waals surface area contributed by atoms with Crippen LogP contribution in [0.15, 0.2) is 42.5 Å². The van der Waals surface area contributed by atoms with Gasteiger partial charge in [0.05, 0.1) is 20.6 Å². The first-order valence-electron chi connectivity index (χ1n) is 7.34. The Hall–Kier alpha value is -2.20. The van der Waals surface area contributed by atoms with Gasteiger partial charge in [0.25, 0.3) is 0 Å². The van der Waals surface area contributed by atoms with Gasteiger partial charge in [0.1, 0.15) is 0 Å². The van der Waals surface area contributed by atoms with Gasteiger partial charge in [0.2, 0.25) is 5.91 Å². The van der Waals surface area contributed by atoms with E-state index >= 15 is 0 Å². The molecule has 0 aromatic heterocycles. The lowest BCUT2D eigenvalue weighted by Gasteiger charge is -2.10. The summed E-state index contributed by atoms with van der Waals surface area (Å²) in [6.07, 6.45) is 1.05. The van der Waals surface area contributed by atoms with Crippen molar-refractivity contribution in [2.24, 2.45) is 0 Å². The van der Waals surface area contributed by atoms with Gasteiger partial charge in [-0.15, -0.1) is 0 Å². The summed E-state index contributed by atoms with van der Waals surface area (Å²) in [5.74, 6) is 1.24. The number of benzene rings is 2. The van der Waals surface area contributed by atoms with E-state index in [1.807, 2.05) is 36.4 Å². The van der Waals surface area contributed by atoms with Gasteiger partial charge in [0.15, 0.2) is 11.5 Å². The molecule has 0 aliphatic heterocycles. The Labute approximate surface area is 141 Å². The smallest absolute Gasteiger partial charge is 0.224 e. The molecule has 0 saturated carbocycles. The summed E-state index contributed by atoms with van der Waals surface area (Å²) >= 11 is 5.94. The van der Waals surface area contributed by atoms with E-state index in [0.717, 1.165) is 17.5 Å². The zero-order chi connectivity index (χ0) is 16.7. The monoisotopic (exact) mass is 333 g/mol. The van der Waals surface area contributed by atoms with Gasteiger partial charge < -0.3 is 14.8 Å². The minimum atomic E-state index is -0.0285. The first-order chi connectivity index (χ1) is 11.1. The van der Waals surface area contributed by atoms with Crippen molar-refractivity contribution in [1.29, 1.82) is 0 Å². The Bertz CT molecular complexity index is 673. The second-order valence-electron chi connectivity index (χ2n) is 5.10. The molecule has 122 valence electrons. The number of methoxy groups -OCH3 is 2. The Balaban J connectivity index is 1.85. The Morgan fingerprint density at radius 2 is 1.83 bits per heavy atom. The molecule has 23 heavy (non-hydrogen) atoms. The van der Waals surface area contributed by atoms with E-state index in [-0.39, 0.29) is 5.91 Å². The molecule has 0 heterocycles. The number of nitrogens with one attached hydrogen (secondary N) is 1. The topological polar surface area (TPSA) is 47.6 Å². The molecule has 0 fully saturated rings. The quantitative estimate of drug-likeness (QED) is 0.846. The van der Waals surface area contributed by atoms with Crippen LogP contribution in [-0.4, -0.2) is 26.7 Å². The Morgan fingerprint density at radius 3 is 2.52 bits per heavy atom. The van der Waals surface area contributed by atoms with Crippen LogP contribution < -0.4 is 14.8 Å². The second-order valence-corrected chi connectivity index (χ2v) is 5.53. The summed E-state index contributed by atoms with van der Waals surface area (Å²) in [5, 5.41) is 3.62. The van der Waals surface area contributed by atoms with E-state index in [0.29, 0.717) is 29.5 Å². The maximum atomic E-state index is 12.0. The van der Waals surface area contributed by atoms with Gasteiger partial charge in [0, 0.05) is 11.6 Å². The fourth-order valence-electron chi connectivity index (χ4n) is 2.28. The van der Waals surface area contributed by atoms with Crippen molar-refractivity contribution in [2.75, 3.05) is 20.8 Å². The van der Waals surface area contributed by atoms with E-state index in [9.17, 15) is 4.79 Å². The van der Waals surface area contributed by atoms with Gasteiger partial charge >= 0.3 is 0 Å². The fourth-order valence-corrected chi connectivity index (χ4v) is 2.49. The van der Waals surface area contributed by atoms with E-state index < -0.39 is 0 Å². The second kappa shape index (κ2) is 8.44. The minimum Gasteiger partial charge on any atom is -0.493 e. The maximum Gasteiger partial charge on any atom is 0.224 e. The van der Waals surface area contributed by atoms with Crippen molar-refractivity contribution in [1.82, 2.24) is 5.32 Å². The van der Waals surface area contributed by atoms with Crippen molar-refractivity contribution >= 4 is 17.5 Å². The lowest BCUT2D eigenvalue weighted by atomic mass is 10.1. The average molecular weight is 334 g/mol. The molecule has 2 rings (SSSR count). The molecular formula is C18H20ClNO3. The number of carbonyl (C=O) groups is 1. The van der Waals surface area contributed by atoms with Gasteiger partial charge in [-0.05, 0) is 41.8 Å². The van der Waals surface area contributed by atoms with Crippen molar-refractivity contribution in [2.45, 2.75) is 12.8 Å². The average Bonchev–Trinajstić information content (AvgIpc) is 2.54. The molecule has 0 aliphatic carbocycles. The highest BCUT2D eigenvalue weighted by molar-refractivity contribution is 6.30. The number of carbonyl (C=O) groups excluding carboxylic acids is 1. The highest BCUT2D eigenvalue weighted by Gasteiger charge is 2.08. The number of rotatable bonds is 7. The SMILES string of the molecule is COc1ccc(CC(=O)NCCc2cccc(Cl)c2)cc1OC.